The molecule has 39 heavy (non-hydrogen) atoms. The summed E-state index contributed by atoms with van der Waals surface area (Å²) in [5.41, 5.74) is 7.22. The molecular formula is C34H30IrN2OSi-2. The molecule has 0 spiro atoms. The Hall–Kier alpha value is -3.37. The molecule has 1 saturated carbocycles. The molecule has 197 valence electrons. The van der Waals surface area contributed by atoms with E-state index in [1.165, 1.54) is 34.4 Å². The second-order valence-electron chi connectivity index (χ2n) is 10.9. The molecule has 0 bridgehead atoms. The number of furan rings is 1. The Kier molecular flexibility index (Phi) is 7.95. The van der Waals surface area contributed by atoms with E-state index in [0.717, 1.165) is 33.7 Å². The average molecular weight is 703 g/mol. The fourth-order valence-electron chi connectivity index (χ4n) is 4.94. The van der Waals surface area contributed by atoms with E-state index in [1.54, 1.807) is 6.20 Å². The van der Waals surface area contributed by atoms with Crippen LogP contribution < -0.4 is 5.19 Å². The smallest absolute Gasteiger partial charge is 0.120 e. The van der Waals surface area contributed by atoms with Crippen LogP contribution in [0.15, 0.2) is 102 Å². The minimum absolute atomic E-state index is 0. The average Bonchev–Trinajstić information content (AvgIpc) is 3.74. The van der Waals surface area contributed by atoms with Gasteiger partial charge >= 0.3 is 0 Å². The van der Waals surface area contributed by atoms with Crippen molar-refractivity contribution in [3.63, 3.8) is 0 Å². The van der Waals surface area contributed by atoms with Gasteiger partial charge in [-0.05, 0) is 48.3 Å². The van der Waals surface area contributed by atoms with E-state index in [2.05, 4.69) is 78.1 Å². The Balaban J connectivity index is 0.000000200. The summed E-state index contributed by atoms with van der Waals surface area (Å²) < 4.78 is 6.34. The summed E-state index contributed by atoms with van der Waals surface area (Å²) in [4.78, 5) is 8.85. The molecule has 1 aliphatic carbocycles. The topological polar surface area (TPSA) is 38.9 Å². The van der Waals surface area contributed by atoms with Gasteiger partial charge in [0.05, 0.1) is 13.7 Å². The zero-order valence-corrected chi connectivity index (χ0v) is 25.8. The zero-order valence-electron chi connectivity index (χ0n) is 22.4. The third kappa shape index (κ3) is 5.81. The number of pyridine rings is 2. The first-order valence-corrected chi connectivity index (χ1v) is 16.7. The molecule has 6 aromatic rings. The molecule has 1 aliphatic rings. The molecule has 3 aromatic carbocycles. The maximum atomic E-state index is 6.34. The fourth-order valence-corrected chi connectivity index (χ4v) is 6.54. The van der Waals surface area contributed by atoms with Crippen molar-refractivity contribution in [1.82, 2.24) is 9.97 Å². The molecule has 1 fully saturated rings. The van der Waals surface area contributed by atoms with Gasteiger partial charge in [-0.15, -0.1) is 54.1 Å². The Bertz CT molecular complexity index is 1670. The van der Waals surface area contributed by atoms with Gasteiger partial charge in [0, 0.05) is 37.9 Å². The zero-order chi connectivity index (χ0) is 26.1. The SMILES string of the molecule is C[Si](C)(C)c1cccc2oc3c(-c4cc(C5CC5)ccn4)[c-]ccc3c12.[Ir].[c-]1ccccc1-c1ccccn1. The summed E-state index contributed by atoms with van der Waals surface area (Å²) in [6.45, 7) is 7.16. The molecule has 7 rings (SSSR count). The predicted octanol–water partition coefficient (Wildman–Crippen LogP) is 8.42. The quantitative estimate of drug-likeness (QED) is 0.137. The molecule has 3 heterocycles. The van der Waals surface area contributed by atoms with Crippen molar-refractivity contribution >= 4 is 35.2 Å². The van der Waals surface area contributed by atoms with Gasteiger partial charge < -0.3 is 14.4 Å². The van der Waals surface area contributed by atoms with Crippen molar-refractivity contribution in [3.05, 3.63) is 115 Å². The first kappa shape index (κ1) is 27.2. The van der Waals surface area contributed by atoms with Crippen molar-refractivity contribution < 1.29 is 24.5 Å². The van der Waals surface area contributed by atoms with Gasteiger partial charge in [0.15, 0.2) is 0 Å². The van der Waals surface area contributed by atoms with Crippen molar-refractivity contribution in [2.45, 2.75) is 38.4 Å². The molecule has 0 saturated heterocycles. The molecule has 0 amide bonds. The van der Waals surface area contributed by atoms with E-state index in [1.807, 2.05) is 54.7 Å². The molecular weight excluding hydrogens is 673 g/mol. The second kappa shape index (κ2) is 11.4. The Labute approximate surface area is 244 Å². The molecule has 3 aromatic heterocycles. The van der Waals surface area contributed by atoms with E-state index in [9.17, 15) is 0 Å². The van der Waals surface area contributed by atoms with Crippen LogP contribution >= 0.6 is 0 Å². The summed E-state index contributed by atoms with van der Waals surface area (Å²) in [6, 6.07) is 35.2. The largest absolute Gasteiger partial charge is 0.501 e. The van der Waals surface area contributed by atoms with E-state index in [0.29, 0.717) is 5.92 Å². The summed E-state index contributed by atoms with van der Waals surface area (Å²) in [6.07, 6.45) is 6.30. The van der Waals surface area contributed by atoms with Gasteiger partial charge in [-0.1, -0.05) is 71.7 Å². The van der Waals surface area contributed by atoms with Crippen LogP contribution in [0.3, 0.4) is 0 Å². The van der Waals surface area contributed by atoms with Crippen LogP contribution in [0.1, 0.15) is 24.3 Å². The van der Waals surface area contributed by atoms with E-state index in [4.69, 9.17) is 4.42 Å². The van der Waals surface area contributed by atoms with Gasteiger partial charge in [-0.3, -0.25) is 0 Å². The number of fused-ring (bicyclic) bond motifs is 3. The number of aromatic nitrogens is 2. The monoisotopic (exact) mass is 703 g/mol. The number of benzene rings is 3. The molecule has 0 unspecified atom stereocenters. The van der Waals surface area contributed by atoms with E-state index >= 15 is 0 Å². The predicted molar refractivity (Wildman–Crippen MR) is 159 cm³/mol. The van der Waals surface area contributed by atoms with Crippen LogP contribution in [0.4, 0.5) is 0 Å². The Morgan fingerprint density at radius 2 is 1.62 bits per heavy atom. The maximum Gasteiger partial charge on any atom is 0.120 e. The molecule has 3 nitrogen and oxygen atoms in total. The summed E-state index contributed by atoms with van der Waals surface area (Å²) in [5.74, 6) is 0.713. The van der Waals surface area contributed by atoms with Crippen LogP contribution in [0.5, 0.6) is 0 Å². The van der Waals surface area contributed by atoms with E-state index < -0.39 is 8.07 Å². The number of nitrogens with zero attached hydrogens (tertiary/aromatic N) is 2. The Morgan fingerprint density at radius 3 is 2.33 bits per heavy atom. The van der Waals surface area contributed by atoms with Gasteiger partial charge in [0.1, 0.15) is 5.58 Å². The molecule has 0 atom stereocenters. The maximum absolute atomic E-state index is 6.34. The molecule has 0 N–H and O–H groups in total. The minimum Gasteiger partial charge on any atom is -0.501 e. The number of hydrogen-bond acceptors (Lipinski definition) is 3. The van der Waals surface area contributed by atoms with Gasteiger partial charge in [0.25, 0.3) is 0 Å². The number of hydrogen-bond donors (Lipinski definition) is 0. The van der Waals surface area contributed by atoms with Gasteiger partial charge in [-0.2, -0.15) is 0 Å². The van der Waals surface area contributed by atoms with Crippen molar-refractivity contribution in [3.8, 4) is 22.5 Å². The number of rotatable bonds is 4. The summed E-state index contributed by atoms with van der Waals surface area (Å²) in [7, 11) is -1.48. The first-order valence-electron chi connectivity index (χ1n) is 13.2. The summed E-state index contributed by atoms with van der Waals surface area (Å²) >= 11 is 0. The minimum atomic E-state index is -1.48. The molecule has 1 radical (unpaired) electrons. The van der Waals surface area contributed by atoms with Gasteiger partial charge in [0.2, 0.25) is 0 Å². The van der Waals surface area contributed by atoms with Crippen molar-refractivity contribution in [2.75, 3.05) is 0 Å². The van der Waals surface area contributed by atoms with E-state index in [-0.39, 0.29) is 20.1 Å². The fraction of sp³-hybridized carbons (Fsp3) is 0.176. The normalized spacial score (nSPS) is 13.0. The van der Waals surface area contributed by atoms with Crippen molar-refractivity contribution in [1.29, 1.82) is 0 Å². The van der Waals surface area contributed by atoms with Crippen LogP contribution in [0.2, 0.25) is 19.6 Å². The van der Waals surface area contributed by atoms with Crippen LogP contribution in [-0.2, 0) is 20.1 Å². The van der Waals surface area contributed by atoms with Crippen LogP contribution in [-0.4, -0.2) is 18.0 Å². The Morgan fingerprint density at radius 1 is 0.795 bits per heavy atom. The first-order chi connectivity index (χ1) is 18.5. The van der Waals surface area contributed by atoms with Crippen molar-refractivity contribution in [2.24, 2.45) is 0 Å². The van der Waals surface area contributed by atoms with Crippen LogP contribution in [0.25, 0.3) is 44.5 Å². The molecule has 5 heteroatoms. The van der Waals surface area contributed by atoms with Crippen LogP contribution in [0, 0.1) is 12.1 Å². The second-order valence-corrected chi connectivity index (χ2v) is 15.9. The van der Waals surface area contributed by atoms with Gasteiger partial charge in [-0.25, -0.2) is 0 Å². The standard InChI is InChI=1S/C23H22NOSi.C11H8N.Ir/c1-26(2,3)21-9-5-8-20-22(21)18-7-4-6-17(23(18)25-20)19-14-16(12-13-24-19)15-10-11-15;1-2-6-10(7-3-1)11-8-4-5-9-12-11;/h4-5,7-9,12-15H,10-11H2,1-3H3;1-6,8-9H;/q2*-1;. The summed E-state index contributed by atoms with van der Waals surface area (Å²) in [5, 5.41) is 3.91. The third-order valence-corrected chi connectivity index (χ3v) is 9.04. The molecule has 0 aliphatic heterocycles. The third-order valence-electron chi connectivity index (χ3n) is 7.00.